The van der Waals surface area contributed by atoms with Gasteiger partial charge in [-0.3, -0.25) is 4.98 Å². The summed E-state index contributed by atoms with van der Waals surface area (Å²) >= 11 is 0. The van der Waals surface area contributed by atoms with Crippen LogP contribution in [0.4, 0.5) is 0 Å². The second kappa shape index (κ2) is 7.83. The second-order valence-electron chi connectivity index (χ2n) is 8.25. The number of hydrogen-bond acceptors (Lipinski definition) is 2. The summed E-state index contributed by atoms with van der Waals surface area (Å²) in [5, 5.41) is 2.47. The van der Waals surface area contributed by atoms with Crippen molar-refractivity contribution in [1.29, 1.82) is 0 Å². The molecule has 150 valence electrons. The normalized spacial score (nSPS) is 14.9. The predicted molar refractivity (Wildman–Crippen MR) is 125 cm³/mol. The molecule has 0 N–H and O–H groups in total. The number of aromatic nitrogens is 2. The van der Waals surface area contributed by atoms with Crippen LogP contribution >= 0.6 is 0 Å². The molecular formula is C27H27N3. The van der Waals surface area contributed by atoms with Crippen molar-refractivity contribution in [3.05, 3.63) is 97.0 Å². The Morgan fingerprint density at radius 1 is 0.933 bits per heavy atom. The molecule has 0 spiro atoms. The number of nitrogens with zero attached hydrogens (tertiary/aromatic N) is 3. The highest BCUT2D eigenvalue weighted by molar-refractivity contribution is 5.86. The molecular weight excluding hydrogens is 366 g/mol. The first kappa shape index (κ1) is 18.7. The lowest BCUT2D eigenvalue weighted by atomic mass is 9.91. The molecule has 3 heterocycles. The van der Waals surface area contributed by atoms with Gasteiger partial charge in [0.15, 0.2) is 0 Å². The Kier molecular flexibility index (Phi) is 4.88. The van der Waals surface area contributed by atoms with Crippen molar-refractivity contribution in [3.63, 3.8) is 0 Å². The molecule has 0 amide bonds. The summed E-state index contributed by atoms with van der Waals surface area (Å²) in [5.74, 6) is 0.507. The lowest BCUT2D eigenvalue weighted by Gasteiger charge is -2.34. The predicted octanol–water partition coefficient (Wildman–Crippen LogP) is 6.09. The van der Waals surface area contributed by atoms with E-state index in [1.54, 1.807) is 0 Å². The molecule has 1 fully saturated rings. The monoisotopic (exact) mass is 393 g/mol. The molecule has 1 aliphatic rings. The van der Waals surface area contributed by atoms with E-state index in [9.17, 15) is 0 Å². The molecule has 0 aliphatic carbocycles. The molecule has 1 aliphatic heterocycles. The summed E-state index contributed by atoms with van der Waals surface area (Å²) < 4.78 is 2.17. The molecule has 0 bridgehead atoms. The van der Waals surface area contributed by atoms with Crippen LogP contribution in [-0.2, 0) is 7.05 Å². The van der Waals surface area contributed by atoms with Gasteiger partial charge in [0.05, 0.1) is 0 Å². The fourth-order valence-electron chi connectivity index (χ4n) is 4.56. The van der Waals surface area contributed by atoms with Crippen molar-refractivity contribution in [2.45, 2.75) is 18.8 Å². The van der Waals surface area contributed by atoms with Gasteiger partial charge < -0.3 is 9.47 Å². The van der Waals surface area contributed by atoms with Gasteiger partial charge in [-0.15, -0.1) is 0 Å². The van der Waals surface area contributed by atoms with Gasteiger partial charge in [0.2, 0.25) is 0 Å². The number of piperidine rings is 1. The first-order valence-corrected chi connectivity index (χ1v) is 10.7. The third-order valence-corrected chi connectivity index (χ3v) is 6.38. The van der Waals surface area contributed by atoms with E-state index in [1.165, 1.54) is 33.3 Å². The van der Waals surface area contributed by atoms with Gasteiger partial charge in [-0.05, 0) is 53.6 Å². The van der Waals surface area contributed by atoms with Crippen LogP contribution in [0.25, 0.3) is 27.7 Å². The van der Waals surface area contributed by atoms with Crippen LogP contribution in [0.15, 0.2) is 85.7 Å². The zero-order valence-corrected chi connectivity index (χ0v) is 17.5. The highest BCUT2D eigenvalue weighted by Crippen LogP contribution is 2.32. The van der Waals surface area contributed by atoms with Crippen molar-refractivity contribution in [3.8, 4) is 11.3 Å². The number of hydrogen-bond donors (Lipinski definition) is 0. The van der Waals surface area contributed by atoms with E-state index in [4.69, 9.17) is 4.98 Å². The third kappa shape index (κ3) is 3.52. The summed E-state index contributed by atoms with van der Waals surface area (Å²) in [7, 11) is 2.09. The topological polar surface area (TPSA) is 21.1 Å². The van der Waals surface area contributed by atoms with E-state index in [0.29, 0.717) is 5.92 Å². The summed E-state index contributed by atoms with van der Waals surface area (Å²) in [6.07, 6.45) is 6.35. The van der Waals surface area contributed by atoms with Gasteiger partial charge in [-0.1, -0.05) is 49.0 Å². The quantitative estimate of drug-likeness (QED) is 0.418. The fraction of sp³-hybridized carbons (Fsp3) is 0.222. The van der Waals surface area contributed by atoms with Gasteiger partial charge in [-0.2, -0.15) is 0 Å². The number of aryl methyl sites for hydroxylation is 1. The molecule has 4 aromatic rings. The highest BCUT2D eigenvalue weighted by atomic mass is 15.1. The van der Waals surface area contributed by atoms with Crippen molar-refractivity contribution in [1.82, 2.24) is 14.5 Å². The molecule has 2 aromatic carbocycles. The molecule has 3 nitrogen and oxygen atoms in total. The molecule has 1 saturated heterocycles. The van der Waals surface area contributed by atoms with Crippen molar-refractivity contribution < 1.29 is 0 Å². The van der Waals surface area contributed by atoms with Crippen LogP contribution in [0.2, 0.25) is 0 Å². The highest BCUT2D eigenvalue weighted by Gasteiger charge is 2.23. The Morgan fingerprint density at radius 2 is 1.73 bits per heavy atom. The molecule has 3 heteroatoms. The average molecular weight is 394 g/mol. The summed E-state index contributed by atoms with van der Waals surface area (Å²) in [4.78, 5) is 7.24. The fourth-order valence-corrected chi connectivity index (χ4v) is 4.56. The first-order chi connectivity index (χ1) is 14.7. The van der Waals surface area contributed by atoms with E-state index in [2.05, 4.69) is 96.0 Å². The van der Waals surface area contributed by atoms with E-state index in [1.807, 2.05) is 6.20 Å². The number of pyridine rings is 1. The number of rotatable bonds is 4. The van der Waals surface area contributed by atoms with E-state index in [-0.39, 0.29) is 0 Å². The molecule has 2 aromatic heterocycles. The van der Waals surface area contributed by atoms with Crippen LogP contribution in [0.5, 0.6) is 0 Å². The summed E-state index contributed by atoms with van der Waals surface area (Å²) in [5.41, 5.74) is 6.06. The minimum Gasteiger partial charge on any atom is -0.371 e. The second-order valence-corrected chi connectivity index (χ2v) is 8.25. The molecule has 5 rings (SSSR count). The van der Waals surface area contributed by atoms with E-state index in [0.717, 1.165) is 31.6 Å². The first-order valence-electron chi connectivity index (χ1n) is 10.7. The smallest absolute Gasteiger partial charge is 0.0477 e. The van der Waals surface area contributed by atoms with Gasteiger partial charge >= 0.3 is 0 Å². The van der Waals surface area contributed by atoms with Gasteiger partial charge in [-0.25, -0.2) is 0 Å². The number of likely N-dealkylation sites (tertiary alicyclic amines) is 1. The largest absolute Gasteiger partial charge is 0.371 e. The Bertz CT molecular complexity index is 1180. The molecule has 0 atom stereocenters. The molecule has 30 heavy (non-hydrogen) atoms. The van der Waals surface area contributed by atoms with Crippen molar-refractivity contribution >= 4 is 16.5 Å². The maximum absolute atomic E-state index is 4.82. The zero-order valence-electron chi connectivity index (χ0n) is 17.5. The van der Waals surface area contributed by atoms with Gasteiger partial charge in [0.25, 0.3) is 0 Å². The average Bonchev–Trinajstić information content (AvgIpc) is 3.24. The lowest BCUT2D eigenvalue weighted by molar-refractivity contribution is 0.297. The van der Waals surface area contributed by atoms with Crippen LogP contribution in [0.1, 0.15) is 30.0 Å². The summed E-state index contributed by atoms with van der Waals surface area (Å²) in [6, 6.07) is 23.7. The van der Waals surface area contributed by atoms with E-state index >= 15 is 0 Å². The van der Waals surface area contributed by atoms with Gasteiger partial charge in [0.1, 0.15) is 0 Å². The van der Waals surface area contributed by atoms with Gasteiger partial charge in [0, 0.05) is 60.9 Å². The Labute approximate surface area is 178 Å². The zero-order chi connectivity index (χ0) is 20.5. The van der Waals surface area contributed by atoms with Crippen molar-refractivity contribution in [2.24, 2.45) is 7.05 Å². The maximum atomic E-state index is 4.82. The van der Waals surface area contributed by atoms with Crippen LogP contribution < -0.4 is 0 Å². The third-order valence-electron chi connectivity index (χ3n) is 6.38. The Hall–Kier alpha value is -3.33. The minimum atomic E-state index is 0.507. The number of fused-ring (bicyclic) bond motifs is 1. The maximum Gasteiger partial charge on any atom is 0.0477 e. The van der Waals surface area contributed by atoms with Crippen LogP contribution in [0.3, 0.4) is 0 Å². The molecule has 0 radical (unpaired) electrons. The number of benzene rings is 2. The van der Waals surface area contributed by atoms with Crippen LogP contribution in [0, 0.1) is 0 Å². The summed E-state index contributed by atoms with van der Waals surface area (Å²) in [6.45, 7) is 6.40. The Balaban J connectivity index is 1.34. The lowest BCUT2D eigenvalue weighted by Crippen LogP contribution is -2.31. The minimum absolute atomic E-state index is 0.507. The van der Waals surface area contributed by atoms with Crippen LogP contribution in [-0.4, -0.2) is 27.5 Å². The van der Waals surface area contributed by atoms with Crippen molar-refractivity contribution in [2.75, 3.05) is 13.1 Å². The SMILES string of the molecule is C=C(c1ccccc1)N1CCC(c2cc3cc(-c4cccn4C)ccc3cn2)CC1. The standard InChI is InChI=1S/C27H27N3/c1-20(21-7-4-3-5-8-21)30-15-12-22(13-16-30)26-18-25-17-23(10-11-24(25)19-28-26)27-9-6-14-29(27)2/h3-11,14,17-19,22H,1,12-13,15-16H2,2H3. The molecule has 0 saturated carbocycles. The molecule has 0 unspecified atom stereocenters. The van der Waals surface area contributed by atoms with E-state index < -0.39 is 0 Å². The Morgan fingerprint density at radius 3 is 2.47 bits per heavy atom.